The molecule has 0 unspecified atom stereocenters. The zero-order valence-electron chi connectivity index (χ0n) is 13.8. The molecule has 1 saturated heterocycles. The summed E-state index contributed by atoms with van der Waals surface area (Å²) in [7, 11) is -3.28. The van der Waals surface area contributed by atoms with E-state index in [1.165, 1.54) is 0 Å². The van der Waals surface area contributed by atoms with Crippen LogP contribution in [0.1, 0.15) is 30.1 Å². The van der Waals surface area contributed by atoms with Crippen LogP contribution in [0.2, 0.25) is 0 Å². The molecule has 0 amide bonds. The molecule has 3 aromatic rings. The summed E-state index contributed by atoms with van der Waals surface area (Å²) in [6, 6.07) is 15.2. The number of sulfonamides is 1. The Morgan fingerprint density at radius 2 is 1.68 bits per heavy atom. The molecular weight excluding hydrogens is 336 g/mol. The van der Waals surface area contributed by atoms with Gasteiger partial charge in [-0.2, -0.15) is 0 Å². The van der Waals surface area contributed by atoms with Gasteiger partial charge in [-0.25, -0.2) is 12.7 Å². The number of nitrogens with zero attached hydrogens (tertiary/aromatic N) is 4. The first-order chi connectivity index (χ1) is 12.1. The molecule has 0 atom stereocenters. The minimum absolute atomic E-state index is 0.0619. The highest BCUT2D eigenvalue weighted by molar-refractivity contribution is 7.88. The van der Waals surface area contributed by atoms with Crippen LogP contribution in [0.5, 0.6) is 0 Å². The van der Waals surface area contributed by atoms with E-state index in [0.29, 0.717) is 13.1 Å². The van der Waals surface area contributed by atoms with Gasteiger partial charge in [-0.3, -0.25) is 4.40 Å². The van der Waals surface area contributed by atoms with E-state index in [4.69, 9.17) is 0 Å². The van der Waals surface area contributed by atoms with Crippen LogP contribution in [-0.4, -0.2) is 40.4 Å². The van der Waals surface area contributed by atoms with Gasteiger partial charge >= 0.3 is 0 Å². The molecule has 0 spiro atoms. The maximum atomic E-state index is 12.7. The lowest BCUT2D eigenvalue weighted by Crippen LogP contribution is -2.38. The average molecular weight is 356 g/mol. The van der Waals surface area contributed by atoms with Crippen molar-refractivity contribution >= 4 is 15.7 Å². The largest absolute Gasteiger partial charge is 0.286 e. The Kier molecular flexibility index (Phi) is 4.27. The van der Waals surface area contributed by atoms with E-state index >= 15 is 0 Å². The fourth-order valence-electron chi connectivity index (χ4n) is 3.41. The highest BCUT2D eigenvalue weighted by Gasteiger charge is 2.30. The molecule has 0 saturated carbocycles. The maximum Gasteiger partial charge on any atom is 0.218 e. The van der Waals surface area contributed by atoms with Crippen molar-refractivity contribution in [1.82, 2.24) is 18.9 Å². The summed E-state index contributed by atoms with van der Waals surface area (Å²) in [5.41, 5.74) is 1.66. The fourth-order valence-corrected chi connectivity index (χ4v) is 4.97. The summed E-state index contributed by atoms with van der Waals surface area (Å²) in [5, 5.41) is 8.52. The van der Waals surface area contributed by atoms with Crippen LogP contribution in [0.25, 0.3) is 5.65 Å². The molecule has 1 aromatic carbocycles. The summed E-state index contributed by atoms with van der Waals surface area (Å²) in [6.45, 7) is 1.06. The van der Waals surface area contributed by atoms with E-state index in [1.54, 1.807) is 4.31 Å². The molecule has 1 aliphatic rings. The van der Waals surface area contributed by atoms with Gasteiger partial charge in [-0.1, -0.05) is 36.4 Å². The predicted octanol–water partition coefficient (Wildman–Crippen LogP) is 2.44. The van der Waals surface area contributed by atoms with Gasteiger partial charge in [-0.15, -0.1) is 10.2 Å². The molecule has 3 heterocycles. The normalized spacial score (nSPS) is 17.1. The van der Waals surface area contributed by atoms with Crippen molar-refractivity contribution in [2.45, 2.75) is 24.5 Å². The Bertz CT molecular complexity index is 961. The fraction of sp³-hybridized carbons (Fsp3) is 0.333. The van der Waals surface area contributed by atoms with Gasteiger partial charge in [0.2, 0.25) is 10.0 Å². The molecule has 7 heteroatoms. The Hall–Kier alpha value is -2.25. The zero-order chi connectivity index (χ0) is 17.3. The van der Waals surface area contributed by atoms with Crippen molar-refractivity contribution < 1.29 is 8.42 Å². The first-order valence-electron chi connectivity index (χ1n) is 8.45. The van der Waals surface area contributed by atoms with E-state index < -0.39 is 10.0 Å². The van der Waals surface area contributed by atoms with Crippen LogP contribution in [0, 0.1) is 0 Å². The number of piperidine rings is 1. The highest BCUT2D eigenvalue weighted by Crippen LogP contribution is 2.29. The monoisotopic (exact) mass is 356 g/mol. The second-order valence-corrected chi connectivity index (χ2v) is 8.37. The maximum absolute atomic E-state index is 12.7. The van der Waals surface area contributed by atoms with Gasteiger partial charge < -0.3 is 0 Å². The van der Waals surface area contributed by atoms with Crippen molar-refractivity contribution in [3.63, 3.8) is 0 Å². The van der Waals surface area contributed by atoms with E-state index in [1.807, 2.05) is 59.1 Å². The number of hydrogen-bond acceptors (Lipinski definition) is 4. The summed E-state index contributed by atoms with van der Waals surface area (Å²) < 4.78 is 28.9. The Morgan fingerprint density at radius 3 is 2.44 bits per heavy atom. The van der Waals surface area contributed by atoms with Crippen molar-refractivity contribution in [2.24, 2.45) is 0 Å². The summed E-state index contributed by atoms with van der Waals surface area (Å²) in [4.78, 5) is 0. The molecule has 0 radical (unpaired) electrons. The third-order valence-electron chi connectivity index (χ3n) is 4.74. The predicted molar refractivity (Wildman–Crippen MR) is 95.6 cm³/mol. The number of hydrogen-bond donors (Lipinski definition) is 0. The van der Waals surface area contributed by atoms with Crippen molar-refractivity contribution in [2.75, 3.05) is 13.1 Å². The van der Waals surface area contributed by atoms with Crippen LogP contribution in [0.4, 0.5) is 0 Å². The SMILES string of the molecule is O=S(=O)(Cc1ccccc1)N1CCC(c2nnc3ccccn23)CC1. The first-order valence-corrected chi connectivity index (χ1v) is 10.1. The van der Waals surface area contributed by atoms with E-state index in [2.05, 4.69) is 10.2 Å². The summed E-state index contributed by atoms with van der Waals surface area (Å²) in [5.74, 6) is 1.23. The second kappa shape index (κ2) is 6.57. The quantitative estimate of drug-likeness (QED) is 0.720. The Labute approximate surface area is 147 Å². The Balaban J connectivity index is 1.46. The van der Waals surface area contributed by atoms with Gasteiger partial charge in [0.25, 0.3) is 0 Å². The van der Waals surface area contributed by atoms with Crippen LogP contribution in [0.15, 0.2) is 54.7 Å². The highest BCUT2D eigenvalue weighted by atomic mass is 32.2. The second-order valence-electron chi connectivity index (χ2n) is 6.40. The minimum atomic E-state index is -3.28. The van der Waals surface area contributed by atoms with Gasteiger partial charge in [0.1, 0.15) is 5.82 Å². The first kappa shape index (κ1) is 16.2. The van der Waals surface area contributed by atoms with Crippen molar-refractivity contribution in [3.8, 4) is 0 Å². The van der Waals surface area contributed by atoms with Gasteiger partial charge in [0, 0.05) is 25.2 Å². The number of aromatic nitrogens is 3. The number of fused-ring (bicyclic) bond motifs is 1. The Morgan fingerprint density at radius 1 is 0.960 bits per heavy atom. The molecule has 6 nitrogen and oxygen atoms in total. The van der Waals surface area contributed by atoms with Gasteiger partial charge in [0.05, 0.1) is 5.75 Å². The minimum Gasteiger partial charge on any atom is -0.286 e. The standard InChI is InChI=1S/C18H20N4O2S/c23-25(24,14-15-6-2-1-3-7-15)21-12-9-16(10-13-21)18-20-19-17-8-4-5-11-22(17)18/h1-8,11,16H,9-10,12-14H2. The lowest BCUT2D eigenvalue weighted by molar-refractivity contribution is 0.312. The molecule has 2 aromatic heterocycles. The molecule has 4 rings (SSSR count). The molecule has 0 bridgehead atoms. The van der Waals surface area contributed by atoms with Gasteiger partial charge in [0.15, 0.2) is 5.65 Å². The third kappa shape index (κ3) is 3.29. The lowest BCUT2D eigenvalue weighted by Gasteiger charge is -2.30. The molecular formula is C18H20N4O2S. The third-order valence-corrected chi connectivity index (χ3v) is 6.59. The number of rotatable bonds is 4. The summed E-state index contributed by atoms with van der Waals surface area (Å²) >= 11 is 0. The topological polar surface area (TPSA) is 67.6 Å². The van der Waals surface area contributed by atoms with Crippen LogP contribution < -0.4 is 0 Å². The molecule has 0 aliphatic carbocycles. The number of benzene rings is 1. The summed E-state index contributed by atoms with van der Waals surface area (Å²) in [6.07, 6.45) is 3.50. The van der Waals surface area contributed by atoms with E-state index in [9.17, 15) is 8.42 Å². The average Bonchev–Trinajstić information content (AvgIpc) is 3.06. The molecule has 1 aliphatic heterocycles. The molecule has 1 fully saturated rings. The smallest absolute Gasteiger partial charge is 0.218 e. The molecule has 25 heavy (non-hydrogen) atoms. The molecule has 130 valence electrons. The number of pyridine rings is 1. The zero-order valence-corrected chi connectivity index (χ0v) is 14.6. The van der Waals surface area contributed by atoms with E-state index in [0.717, 1.165) is 29.9 Å². The van der Waals surface area contributed by atoms with Crippen LogP contribution in [-0.2, 0) is 15.8 Å². The molecule has 0 N–H and O–H groups in total. The van der Waals surface area contributed by atoms with Crippen LogP contribution in [0.3, 0.4) is 0 Å². The van der Waals surface area contributed by atoms with E-state index in [-0.39, 0.29) is 11.7 Å². The van der Waals surface area contributed by atoms with Crippen molar-refractivity contribution in [1.29, 1.82) is 0 Å². The van der Waals surface area contributed by atoms with Gasteiger partial charge in [-0.05, 0) is 30.5 Å². The van der Waals surface area contributed by atoms with Crippen LogP contribution >= 0.6 is 0 Å². The van der Waals surface area contributed by atoms with Crippen molar-refractivity contribution in [3.05, 3.63) is 66.1 Å². The lowest BCUT2D eigenvalue weighted by atomic mass is 9.97.